The molecular weight excluding hydrogens is 262 g/mol. The van der Waals surface area contributed by atoms with Gasteiger partial charge in [0.2, 0.25) is 5.91 Å². The number of hydrogen-bond acceptors (Lipinski definition) is 3. The van der Waals surface area contributed by atoms with Gasteiger partial charge in [0.25, 0.3) is 0 Å². The summed E-state index contributed by atoms with van der Waals surface area (Å²) in [6.45, 7) is 10.7. The molecule has 0 saturated heterocycles. The van der Waals surface area contributed by atoms with Crippen LogP contribution in [0.4, 0.5) is 0 Å². The Labute approximate surface area is 127 Å². The third-order valence-electron chi connectivity index (χ3n) is 5.31. The Bertz CT molecular complexity index is 482. The Hall–Kier alpha value is -1.42. The molecule has 1 amide bonds. The average molecular weight is 289 g/mol. The Morgan fingerprint density at radius 1 is 1.33 bits per heavy atom. The van der Waals surface area contributed by atoms with Crippen molar-refractivity contribution in [1.29, 1.82) is 0 Å². The molecular formula is C17H27N3O. The summed E-state index contributed by atoms with van der Waals surface area (Å²) in [5.41, 5.74) is 6.83. The molecule has 1 saturated carbocycles. The van der Waals surface area contributed by atoms with Gasteiger partial charge in [-0.2, -0.15) is 0 Å². The number of nitrogens with two attached hydrogens (primary N) is 1. The standard InChI is InChI=1S/C17H27N3O/c1-16(2)14(17(16,3)4)15(21)20(10-6-8-18)12-13-7-5-9-19-11-13/h5,7,9,11,14H,6,8,10,12,18H2,1-4H3. The molecule has 0 spiro atoms. The maximum Gasteiger partial charge on any atom is 0.227 e. The van der Waals surface area contributed by atoms with E-state index in [1.807, 2.05) is 23.2 Å². The predicted octanol–water partition coefficient (Wildman–Crippen LogP) is 2.44. The molecule has 1 aromatic rings. The van der Waals surface area contributed by atoms with Crippen LogP contribution in [-0.2, 0) is 11.3 Å². The smallest absolute Gasteiger partial charge is 0.227 e. The predicted molar refractivity (Wildman–Crippen MR) is 84.4 cm³/mol. The van der Waals surface area contributed by atoms with Gasteiger partial charge >= 0.3 is 0 Å². The zero-order chi connectivity index (χ0) is 15.7. The second-order valence-electron chi connectivity index (χ2n) is 7.14. The van der Waals surface area contributed by atoms with Crippen LogP contribution in [0.5, 0.6) is 0 Å². The molecule has 0 atom stereocenters. The van der Waals surface area contributed by atoms with Gasteiger partial charge in [0, 0.05) is 31.4 Å². The molecule has 4 heteroatoms. The Balaban J connectivity index is 2.11. The van der Waals surface area contributed by atoms with Crippen LogP contribution in [0.25, 0.3) is 0 Å². The molecule has 0 aromatic carbocycles. The van der Waals surface area contributed by atoms with Gasteiger partial charge in [-0.25, -0.2) is 0 Å². The molecule has 1 aromatic heterocycles. The van der Waals surface area contributed by atoms with Crippen LogP contribution < -0.4 is 5.73 Å². The van der Waals surface area contributed by atoms with E-state index in [-0.39, 0.29) is 22.7 Å². The first-order valence-electron chi connectivity index (χ1n) is 7.70. The highest BCUT2D eigenvalue weighted by molar-refractivity contribution is 5.84. The molecule has 0 radical (unpaired) electrons. The SMILES string of the molecule is CC1(C)C(C(=O)N(CCCN)Cc2cccnc2)C1(C)C. The highest BCUT2D eigenvalue weighted by Gasteiger charge is 2.68. The number of rotatable bonds is 6. The van der Waals surface area contributed by atoms with Crippen molar-refractivity contribution in [3.63, 3.8) is 0 Å². The van der Waals surface area contributed by atoms with Crippen LogP contribution in [0, 0.1) is 16.7 Å². The lowest BCUT2D eigenvalue weighted by Gasteiger charge is -2.23. The lowest BCUT2D eigenvalue weighted by molar-refractivity contribution is -0.134. The summed E-state index contributed by atoms with van der Waals surface area (Å²) < 4.78 is 0. The minimum absolute atomic E-state index is 0.0694. The first kappa shape index (κ1) is 16.0. The van der Waals surface area contributed by atoms with Crippen molar-refractivity contribution in [1.82, 2.24) is 9.88 Å². The minimum Gasteiger partial charge on any atom is -0.338 e. The molecule has 0 unspecified atom stereocenters. The molecule has 21 heavy (non-hydrogen) atoms. The van der Waals surface area contributed by atoms with E-state index in [1.54, 1.807) is 6.20 Å². The lowest BCUT2D eigenvalue weighted by atomic mass is 10.0. The van der Waals surface area contributed by atoms with Crippen molar-refractivity contribution in [2.45, 2.75) is 40.7 Å². The van der Waals surface area contributed by atoms with Gasteiger partial charge in [0.1, 0.15) is 0 Å². The van der Waals surface area contributed by atoms with Crippen molar-refractivity contribution in [2.75, 3.05) is 13.1 Å². The fourth-order valence-electron chi connectivity index (χ4n) is 3.26. The number of amides is 1. The van der Waals surface area contributed by atoms with Gasteiger partial charge in [0.15, 0.2) is 0 Å². The van der Waals surface area contributed by atoms with Gasteiger partial charge in [-0.3, -0.25) is 9.78 Å². The number of pyridine rings is 1. The van der Waals surface area contributed by atoms with E-state index in [1.165, 1.54) is 0 Å². The van der Waals surface area contributed by atoms with Crippen LogP contribution in [0.1, 0.15) is 39.7 Å². The second kappa shape index (κ2) is 5.76. The number of carbonyl (C=O) groups is 1. The molecule has 116 valence electrons. The van der Waals surface area contributed by atoms with E-state index in [0.717, 1.165) is 12.0 Å². The fraction of sp³-hybridized carbons (Fsp3) is 0.647. The zero-order valence-corrected chi connectivity index (χ0v) is 13.6. The Morgan fingerprint density at radius 2 is 2.00 bits per heavy atom. The third kappa shape index (κ3) is 2.95. The van der Waals surface area contributed by atoms with Crippen molar-refractivity contribution in [2.24, 2.45) is 22.5 Å². The quantitative estimate of drug-likeness (QED) is 0.875. The number of carbonyl (C=O) groups excluding carboxylic acids is 1. The van der Waals surface area contributed by atoms with Gasteiger partial charge in [-0.1, -0.05) is 33.8 Å². The Kier molecular flexibility index (Phi) is 4.38. The molecule has 1 aliphatic carbocycles. The maximum absolute atomic E-state index is 12.9. The summed E-state index contributed by atoms with van der Waals surface area (Å²) in [6, 6.07) is 3.92. The summed E-state index contributed by atoms with van der Waals surface area (Å²) in [4.78, 5) is 19.0. The summed E-state index contributed by atoms with van der Waals surface area (Å²) >= 11 is 0. The van der Waals surface area contributed by atoms with E-state index < -0.39 is 0 Å². The number of aromatic nitrogens is 1. The van der Waals surface area contributed by atoms with E-state index in [9.17, 15) is 4.79 Å². The third-order valence-corrected chi connectivity index (χ3v) is 5.31. The van der Waals surface area contributed by atoms with Crippen LogP contribution in [0.2, 0.25) is 0 Å². The first-order chi connectivity index (χ1) is 9.82. The lowest BCUT2D eigenvalue weighted by Crippen LogP contribution is -2.35. The van der Waals surface area contributed by atoms with Gasteiger partial charge < -0.3 is 10.6 Å². The topological polar surface area (TPSA) is 59.2 Å². The number of nitrogens with zero attached hydrogens (tertiary/aromatic N) is 2. The van der Waals surface area contributed by atoms with Crippen molar-refractivity contribution in [3.05, 3.63) is 30.1 Å². The minimum atomic E-state index is 0.0694. The van der Waals surface area contributed by atoms with Crippen LogP contribution >= 0.6 is 0 Å². The van der Waals surface area contributed by atoms with Gasteiger partial charge in [-0.15, -0.1) is 0 Å². The maximum atomic E-state index is 12.9. The van der Waals surface area contributed by atoms with Gasteiger partial charge in [0.05, 0.1) is 0 Å². The first-order valence-corrected chi connectivity index (χ1v) is 7.70. The number of hydrogen-bond donors (Lipinski definition) is 1. The van der Waals surface area contributed by atoms with Crippen LogP contribution in [-0.4, -0.2) is 28.9 Å². The monoisotopic (exact) mass is 289 g/mol. The molecule has 1 aliphatic rings. The Morgan fingerprint density at radius 3 is 2.48 bits per heavy atom. The molecule has 0 bridgehead atoms. The van der Waals surface area contributed by atoms with Gasteiger partial charge in [-0.05, 0) is 35.4 Å². The largest absolute Gasteiger partial charge is 0.338 e. The van der Waals surface area contributed by atoms with E-state index in [2.05, 4.69) is 32.7 Å². The normalized spacial score (nSPS) is 19.3. The molecule has 2 rings (SSSR count). The second-order valence-corrected chi connectivity index (χ2v) is 7.14. The van der Waals surface area contributed by atoms with Crippen molar-refractivity contribution in [3.8, 4) is 0 Å². The van der Waals surface area contributed by atoms with Crippen molar-refractivity contribution >= 4 is 5.91 Å². The highest BCUT2D eigenvalue weighted by Crippen LogP contribution is 2.68. The summed E-state index contributed by atoms with van der Waals surface area (Å²) in [5, 5.41) is 0. The molecule has 2 N–H and O–H groups in total. The average Bonchev–Trinajstić information content (AvgIpc) is 2.85. The highest BCUT2D eigenvalue weighted by atomic mass is 16.2. The summed E-state index contributed by atoms with van der Waals surface area (Å²) in [5.74, 6) is 0.349. The van der Waals surface area contributed by atoms with Crippen LogP contribution in [0.15, 0.2) is 24.5 Å². The molecule has 4 nitrogen and oxygen atoms in total. The van der Waals surface area contributed by atoms with E-state index in [0.29, 0.717) is 19.6 Å². The molecule has 0 aliphatic heterocycles. The fourth-order valence-corrected chi connectivity index (χ4v) is 3.26. The zero-order valence-electron chi connectivity index (χ0n) is 13.6. The van der Waals surface area contributed by atoms with E-state index >= 15 is 0 Å². The molecule has 1 fully saturated rings. The summed E-state index contributed by atoms with van der Waals surface area (Å²) in [6.07, 6.45) is 4.41. The van der Waals surface area contributed by atoms with Crippen molar-refractivity contribution < 1.29 is 4.79 Å². The summed E-state index contributed by atoms with van der Waals surface area (Å²) in [7, 11) is 0. The van der Waals surface area contributed by atoms with Crippen LogP contribution in [0.3, 0.4) is 0 Å². The molecule has 1 heterocycles. The van der Waals surface area contributed by atoms with E-state index in [4.69, 9.17) is 5.73 Å².